The van der Waals surface area contributed by atoms with Crippen LogP contribution < -0.4 is 16.1 Å². The molecule has 0 amide bonds. The number of hydrogen-bond acceptors (Lipinski definition) is 4. The fourth-order valence-electron chi connectivity index (χ4n) is 1.64. The molecular formula is C11H16N4O3S. The molecular weight excluding hydrogens is 268 g/mol. The van der Waals surface area contributed by atoms with Gasteiger partial charge in [-0.2, -0.15) is 0 Å². The molecule has 0 aliphatic rings. The molecule has 0 bridgehead atoms. The molecule has 0 atom stereocenters. The predicted molar refractivity (Wildman–Crippen MR) is 72.4 cm³/mol. The summed E-state index contributed by atoms with van der Waals surface area (Å²) in [5, 5.41) is 0. The second kappa shape index (κ2) is 4.48. The Kier molecular flexibility index (Phi) is 3.25. The molecule has 8 heteroatoms. The van der Waals surface area contributed by atoms with Gasteiger partial charge in [0.05, 0.1) is 15.9 Å². The van der Waals surface area contributed by atoms with Crippen LogP contribution in [0.2, 0.25) is 0 Å². The minimum atomic E-state index is -3.68. The van der Waals surface area contributed by atoms with E-state index in [0.29, 0.717) is 11.0 Å². The zero-order valence-electron chi connectivity index (χ0n) is 10.6. The van der Waals surface area contributed by atoms with Gasteiger partial charge in [0, 0.05) is 12.1 Å². The second-order valence-electron chi connectivity index (χ2n) is 4.98. The first-order valence-electron chi connectivity index (χ1n) is 5.70. The van der Waals surface area contributed by atoms with Crippen molar-refractivity contribution in [3.8, 4) is 0 Å². The number of benzene rings is 1. The zero-order chi connectivity index (χ0) is 14.3. The second-order valence-corrected chi connectivity index (χ2v) is 6.66. The van der Waals surface area contributed by atoms with E-state index in [-0.39, 0.29) is 17.1 Å². The molecule has 2 rings (SSSR count). The molecule has 104 valence electrons. The Morgan fingerprint density at radius 2 is 1.89 bits per heavy atom. The molecule has 2 aromatic rings. The Balaban J connectivity index is 2.45. The summed E-state index contributed by atoms with van der Waals surface area (Å²) in [7, 11) is -3.68. The van der Waals surface area contributed by atoms with E-state index in [1.807, 2.05) is 0 Å². The van der Waals surface area contributed by atoms with Gasteiger partial charge < -0.3 is 15.7 Å². The van der Waals surface area contributed by atoms with Crippen molar-refractivity contribution in [2.75, 3.05) is 6.54 Å². The van der Waals surface area contributed by atoms with Crippen LogP contribution in [-0.2, 0) is 10.0 Å². The molecule has 1 aromatic carbocycles. The molecule has 1 aromatic heterocycles. The summed E-state index contributed by atoms with van der Waals surface area (Å²) in [4.78, 5) is 16.3. The number of hydrogen-bond donors (Lipinski definition) is 4. The van der Waals surface area contributed by atoms with Crippen molar-refractivity contribution in [3.63, 3.8) is 0 Å². The molecule has 0 saturated carbocycles. The first-order valence-corrected chi connectivity index (χ1v) is 7.18. The van der Waals surface area contributed by atoms with Crippen LogP contribution in [-0.4, -0.2) is 30.5 Å². The Morgan fingerprint density at radius 3 is 2.53 bits per heavy atom. The van der Waals surface area contributed by atoms with Gasteiger partial charge in [-0.05, 0) is 32.0 Å². The van der Waals surface area contributed by atoms with Crippen LogP contribution in [0.4, 0.5) is 0 Å². The van der Waals surface area contributed by atoms with Crippen molar-refractivity contribution in [2.24, 2.45) is 5.73 Å². The largest absolute Gasteiger partial charge is 0.329 e. The van der Waals surface area contributed by atoms with E-state index in [4.69, 9.17) is 5.73 Å². The zero-order valence-corrected chi connectivity index (χ0v) is 11.5. The van der Waals surface area contributed by atoms with Gasteiger partial charge in [-0.3, -0.25) is 0 Å². The summed E-state index contributed by atoms with van der Waals surface area (Å²) in [5.41, 5.74) is 5.39. The number of nitrogens with two attached hydrogens (primary N) is 1. The molecule has 19 heavy (non-hydrogen) atoms. The van der Waals surface area contributed by atoms with Crippen LogP contribution in [0.5, 0.6) is 0 Å². The van der Waals surface area contributed by atoms with E-state index < -0.39 is 15.6 Å². The average molecular weight is 284 g/mol. The van der Waals surface area contributed by atoms with E-state index >= 15 is 0 Å². The van der Waals surface area contributed by atoms with E-state index in [9.17, 15) is 13.2 Å². The number of nitrogens with one attached hydrogen (secondary N) is 3. The fraction of sp³-hybridized carbons (Fsp3) is 0.364. The number of aromatic amines is 2. The minimum Gasteiger partial charge on any atom is -0.329 e. The standard InChI is InChI=1S/C11H16N4O3S/c1-11(2,6-12)15-19(17,18)7-3-4-8-9(5-7)14-10(16)13-8/h3-5,15H,6,12H2,1-2H3,(H2,13,14,16). The highest BCUT2D eigenvalue weighted by molar-refractivity contribution is 7.89. The Bertz CT molecular complexity index is 758. The third kappa shape index (κ3) is 2.86. The highest BCUT2D eigenvalue weighted by Gasteiger charge is 2.25. The number of sulfonamides is 1. The van der Waals surface area contributed by atoms with E-state index in [0.717, 1.165) is 0 Å². The number of H-pyrrole nitrogens is 2. The molecule has 7 nitrogen and oxygen atoms in total. The molecule has 0 unspecified atom stereocenters. The van der Waals surface area contributed by atoms with E-state index in [1.165, 1.54) is 18.2 Å². The van der Waals surface area contributed by atoms with Crippen molar-refractivity contribution in [1.82, 2.24) is 14.7 Å². The van der Waals surface area contributed by atoms with Crippen molar-refractivity contribution < 1.29 is 8.42 Å². The van der Waals surface area contributed by atoms with Crippen LogP contribution in [0.1, 0.15) is 13.8 Å². The molecule has 0 radical (unpaired) electrons. The maximum absolute atomic E-state index is 12.2. The Hall–Kier alpha value is -1.64. The fourth-order valence-corrected chi connectivity index (χ4v) is 3.09. The third-order valence-corrected chi connectivity index (χ3v) is 4.41. The lowest BCUT2D eigenvalue weighted by Crippen LogP contribution is -2.48. The van der Waals surface area contributed by atoms with Gasteiger partial charge in [0.15, 0.2) is 0 Å². The van der Waals surface area contributed by atoms with Gasteiger partial charge in [-0.1, -0.05) is 0 Å². The summed E-state index contributed by atoms with van der Waals surface area (Å²) >= 11 is 0. The van der Waals surface area contributed by atoms with Crippen LogP contribution in [0.15, 0.2) is 27.9 Å². The van der Waals surface area contributed by atoms with Crippen molar-refractivity contribution in [3.05, 3.63) is 28.7 Å². The van der Waals surface area contributed by atoms with Crippen LogP contribution >= 0.6 is 0 Å². The van der Waals surface area contributed by atoms with Crippen LogP contribution in [0.25, 0.3) is 11.0 Å². The molecule has 0 fully saturated rings. The van der Waals surface area contributed by atoms with Crippen molar-refractivity contribution in [1.29, 1.82) is 0 Å². The third-order valence-electron chi connectivity index (χ3n) is 2.72. The Morgan fingerprint density at radius 1 is 1.26 bits per heavy atom. The lowest BCUT2D eigenvalue weighted by atomic mass is 10.1. The molecule has 0 spiro atoms. The molecule has 0 aliphatic carbocycles. The number of fused-ring (bicyclic) bond motifs is 1. The van der Waals surface area contributed by atoms with Crippen LogP contribution in [0.3, 0.4) is 0 Å². The summed E-state index contributed by atoms with van der Waals surface area (Å²) in [6.45, 7) is 3.57. The summed E-state index contributed by atoms with van der Waals surface area (Å²) in [6.07, 6.45) is 0. The molecule has 1 heterocycles. The monoisotopic (exact) mass is 284 g/mol. The number of aromatic nitrogens is 2. The highest BCUT2D eigenvalue weighted by atomic mass is 32.2. The first kappa shape index (κ1) is 13.8. The summed E-state index contributed by atoms with van der Waals surface area (Å²) in [5.74, 6) is 0. The lowest BCUT2D eigenvalue weighted by Gasteiger charge is -2.23. The lowest BCUT2D eigenvalue weighted by molar-refractivity contribution is 0.462. The first-order chi connectivity index (χ1) is 8.73. The smallest absolute Gasteiger partial charge is 0.323 e. The summed E-state index contributed by atoms with van der Waals surface area (Å²) in [6, 6.07) is 4.38. The predicted octanol–water partition coefficient (Wildman–Crippen LogP) is -0.128. The van der Waals surface area contributed by atoms with Crippen molar-refractivity contribution in [2.45, 2.75) is 24.3 Å². The minimum absolute atomic E-state index is 0.0803. The normalized spacial score (nSPS) is 13.0. The van der Waals surface area contributed by atoms with Gasteiger partial charge in [0.2, 0.25) is 10.0 Å². The number of rotatable bonds is 4. The topological polar surface area (TPSA) is 121 Å². The van der Waals surface area contributed by atoms with Crippen molar-refractivity contribution >= 4 is 21.1 Å². The van der Waals surface area contributed by atoms with E-state index in [1.54, 1.807) is 13.8 Å². The maximum Gasteiger partial charge on any atom is 0.323 e. The SMILES string of the molecule is CC(C)(CN)NS(=O)(=O)c1ccc2[nH]c(=O)[nH]c2c1. The quantitative estimate of drug-likeness (QED) is 0.625. The average Bonchev–Trinajstić information content (AvgIpc) is 2.66. The Labute approximate surface area is 110 Å². The number of imidazole rings is 1. The van der Waals surface area contributed by atoms with Gasteiger partial charge >= 0.3 is 5.69 Å². The molecule has 5 N–H and O–H groups in total. The van der Waals surface area contributed by atoms with E-state index in [2.05, 4.69) is 14.7 Å². The molecule has 0 saturated heterocycles. The van der Waals surface area contributed by atoms with Gasteiger partial charge in [0.1, 0.15) is 0 Å². The van der Waals surface area contributed by atoms with Crippen LogP contribution in [0, 0.1) is 0 Å². The van der Waals surface area contributed by atoms with Gasteiger partial charge in [-0.15, -0.1) is 0 Å². The highest BCUT2D eigenvalue weighted by Crippen LogP contribution is 2.16. The van der Waals surface area contributed by atoms with Gasteiger partial charge in [0.25, 0.3) is 0 Å². The van der Waals surface area contributed by atoms with Gasteiger partial charge in [-0.25, -0.2) is 17.9 Å². The maximum atomic E-state index is 12.2. The summed E-state index contributed by atoms with van der Waals surface area (Å²) < 4.78 is 26.9. The molecule has 0 aliphatic heterocycles.